The fraction of sp³-hybridized carbons (Fsp3) is 0.533. The number of fused-ring (bicyclic) bond motifs is 1. The summed E-state index contributed by atoms with van der Waals surface area (Å²) in [6.07, 6.45) is 3.97. The topological polar surface area (TPSA) is 92.6 Å². The zero-order chi connectivity index (χ0) is 16.1. The number of nitrogens with zero attached hydrogens (tertiary/aromatic N) is 1. The lowest BCUT2D eigenvalue weighted by Crippen LogP contribution is -2.52. The smallest absolute Gasteiger partial charge is 0.408 e. The summed E-state index contributed by atoms with van der Waals surface area (Å²) in [6, 6.07) is 4.46. The van der Waals surface area contributed by atoms with Gasteiger partial charge in [-0.15, -0.1) is 0 Å². The molecule has 4 rings (SSSR count). The van der Waals surface area contributed by atoms with Crippen molar-refractivity contribution < 1.29 is 17.6 Å². The van der Waals surface area contributed by atoms with Crippen LogP contribution in [0, 0.1) is 0 Å². The van der Waals surface area contributed by atoms with Crippen LogP contribution in [-0.2, 0) is 14.8 Å². The standard InChI is InChI=1S/C15H18N2O5S/c18-14-16-12-4-3-11(9-13(12)22-14)23(19,20)17-7-8-21-15(10-17)5-1-2-6-15/h3-4,9H,1-2,5-8,10H2,(H,16,18). The first kappa shape index (κ1) is 14.9. The maximum absolute atomic E-state index is 12.9. The lowest BCUT2D eigenvalue weighted by Gasteiger charge is -2.39. The molecule has 23 heavy (non-hydrogen) atoms. The maximum atomic E-state index is 12.9. The minimum atomic E-state index is -3.63. The van der Waals surface area contributed by atoms with Crippen LogP contribution in [0.4, 0.5) is 0 Å². The van der Waals surface area contributed by atoms with Gasteiger partial charge in [-0.3, -0.25) is 4.98 Å². The zero-order valence-corrected chi connectivity index (χ0v) is 13.4. The van der Waals surface area contributed by atoms with Crippen molar-refractivity contribution in [3.05, 3.63) is 28.7 Å². The predicted octanol–water partition coefficient (Wildman–Crippen LogP) is 1.45. The van der Waals surface area contributed by atoms with E-state index in [1.165, 1.54) is 16.4 Å². The SMILES string of the molecule is O=c1[nH]c2ccc(S(=O)(=O)N3CCOC4(CCCC4)C3)cc2o1. The molecule has 8 heteroatoms. The molecule has 1 spiro atoms. The van der Waals surface area contributed by atoms with Gasteiger partial charge in [0.25, 0.3) is 0 Å². The Balaban J connectivity index is 1.69. The lowest BCUT2D eigenvalue weighted by molar-refractivity contribution is -0.0842. The van der Waals surface area contributed by atoms with Gasteiger partial charge in [0.1, 0.15) is 0 Å². The molecule has 1 N–H and O–H groups in total. The van der Waals surface area contributed by atoms with Gasteiger partial charge < -0.3 is 9.15 Å². The Morgan fingerprint density at radius 1 is 1.22 bits per heavy atom. The summed E-state index contributed by atoms with van der Waals surface area (Å²) in [5, 5.41) is 0. The van der Waals surface area contributed by atoms with E-state index in [-0.39, 0.29) is 16.1 Å². The molecular formula is C15H18N2O5S. The largest absolute Gasteiger partial charge is 0.417 e. The molecule has 1 aliphatic carbocycles. The highest BCUT2D eigenvalue weighted by atomic mass is 32.2. The molecule has 2 aliphatic rings. The Kier molecular flexibility index (Phi) is 3.36. The van der Waals surface area contributed by atoms with Gasteiger partial charge in [0.2, 0.25) is 10.0 Å². The predicted molar refractivity (Wildman–Crippen MR) is 82.7 cm³/mol. The van der Waals surface area contributed by atoms with Gasteiger partial charge in [-0.2, -0.15) is 4.31 Å². The minimum absolute atomic E-state index is 0.141. The summed E-state index contributed by atoms with van der Waals surface area (Å²) in [4.78, 5) is 13.9. The van der Waals surface area contributed by atoms with Crippen LogP contribution in [0.15, 0.2) is 32.3 Å². The highest BCUT2D eigenvalue weighted by Crippen LogP contribution is 2.37. The Morgan fingerprint density at radius 2 is 2.00 bits per heavy atom. The fourth-order valence-electron chi connectivity index (χ4n) is 3.57. The summed E-state index contributed by atoms with van der Waals surface area (Å²) < 4.78 is 38.2. The van der Waals surface area contributed by atoms with Crippen LogP contribution >= 0.6 is 0 Å². The molecule has 1 aromatic heterocycles. The Morgan fingerprint density at radius 3 is 2.78 bits per heavy atom. The first-order chi connectivity index (χ1) is 11.0. The van der Waals surface area contributed by atoms with E-state index in [0.29, 0.717) is 25.2 Å². The number of ether oxygens (including phenoxy) is 1. The number of benzene rings is 1. The van der Waals surface area contributed by atoms with Crippen molar-refractivity contribution in [2.45, 2.75) is 36.2 Å². The number of H-pyrrole nitrogens is 1. The van der Waals surface area contributed by atoms with E-state index in [1.54, 1.807) is 6.07 Å². The Bertz CT molecular complexity index is 892. The summed E-state index contributed by atoms with van der Waals surface area (Å²) in [5.41, 5.74) is 0.416. The van der Waals surface area contributed by atoms with Gasteiger partial charge in [0, 0.05) is 19.2 Å². The number of aromatic nitrogens is 1. The van der Waals surface area contributed by atoms with Gasteiger partial charge in [-0.25, -0.2) is 13.2 Å². The van der Waals surface area contributed by atoms with Gasteiger partial charge in [-0.1, -0.05) is 12.8 Å². The number of hydrogen-bond acceptors (Lipinski definition) is 5. The van der Waals surface area contributed by atoms with E-state index in [9.17, 15) is 13.2 Å². The highest BCUT2D eigenvalue weighted by Gasteiger charge is 2.43. The quantitative estimate of drug-likeness (QED) is 0.895. The molecule has 1 saturated carbocycles. The third-order valence-corrected chi connectivity index (χ3v) is 6.60. The molecule has 1 saturated heterocycles. The van der Waals surface area contributed by atoms with E-state index in [2.05, 4.69) is 4.98 Å². The van der Waals surface area contributed by atoms with Crippen LogP contribution in [0.1, 0.15) is 25.7 Å². The van der Waals surface area contributed by atoms with Crippen molar-refractivity contribution in [3.8, 4) is 0 Å². The minimum Gasteiger partial charge on any atom is -0.408 e. The van der Waals surface area contributed by atoms with Crippen LogP contribution < -0.4 is 5.76 Å². The number of sulfonamides is 1. The fourth-order valence-corrected chi connectivity index (χ4v) is 5.09. The van der Waals surface area contributed by atoms with E-state index in [0.717, 1.165) is 25.7 Å². The molecular weight excluding hydrogens is 320 g/mol. The van der Waals surface area contributed by atoms with Crippen molar-refractivity contribution in [2.24, 2.45) is 0 Å². The average molecular weight is 338 g/mol. The summed E-state index contributed by atoms with van der Waals surface area (Å²) >= 11 is 0. The average Bonchev–Trinajstić information content (AvgIpc) is 3.12. The lowest BCUT2D eigenvalue weighted by atomic mass is 10.0. The highest BCUT2D eigenvalue weighted by molar-refractivity contribution is 7.89. The summed E-state index contributed by atoms with van der Waals surface area (Å²) in [7, 11) is -3.63. The van der Waals surface area contributed by atoms with E-state index in [1.807, 2.05) is 0 Å². The molecule has 0 bridgehead atoms. The molecule has 0 radical (unpaired) electrons. The molecule has 7 nitrogen and oxygen atoms in total. The van der Waals surface area contributed by atoms with E-state index >= 15 is 0 Å². The van der Waals surface area contributed by atoms with Crippen LogP contribution in [0.3, 0.4) is 0 Å². The number of oxazole rings is 1. The second-order valence-electron chi connectivity index (χ2n) is 6.25. The van der Waals surface area contributed by atoms with E-state index in [4.69, 9.17) is 9.15 Å². The number of nitrogens with one attached hydrogen (secondary N) is 1. The number of rotatable bonds is 2. The van der Waals surface area contributed by atoms with Crippen molar-refractivity contribution in [3.63, 3.8) is 0 Å². The van der Waals surface area contributed by atoms with Crippen LogP contribution in [-0.4, -0.2) is 43.0 Å². The van der Waals surface area contributed by atoms with Crippen LogP contribution in [0.25, 0.3) is 11.1 Å². The molecule has 2 fully saturated rings. The molecule has 1 aromatic carbocycles. The van der Waals surface area contributed by atoms with Crippen LogP contribution in [0.2, 0.25) is 0 Å². The summed E-state index contributed by atoms with van der Waals surface area (Å²) in [5.74, 6) is -0.592. The van der Waals surface area contributed by atoms with Crippen molar-refractivity contribution in [2.75, 3.05) is 19.7 Å². The number of morpholine rings is 1. The zero-order valence-electron chi connectivity index (χ0n) is 12.6. The van der Waals surface area contributed by atoms with Gasteiger partial charge in [-0.05, 0) is 25.0 Å². The van der Waals surface area contributed by atoms with Crippen LogP contribution in [0.5, 0.6) is 0 Å². The molecule has 0 amide bonds. The third-order valence-electron chi connectivity index (χ3n) is 4.76. The van der Waals surface area contributed by atoms with Gasteiger partial charge >= 0.3 is 5.76 Å². The maximum Gasteiger partial charge on any atom is 0.417 e. The van der Waals surface area contributed by atoms with Crippen molar-refractivity contribution >= 4 is 21.1 Å². The Labute approximate surface area is 133 Å². The molecule has 2 aromatic rings. The van der Waals surface area contributed by atoms with Gasteiger partial charge in [0.05, 0.1) is 22.6 Å². The molecule has 0 atom stereocenters. The number of aromatic amines is 1. The second kappa shape index (κ2) is 5.19. The molecule has 2 heterocycles. The third kappa shape index (κ3) is 2.50. The van der Waals surface area contributed by atoms with Gasteiger partial charge in [0.15, 0.2) is 5.58 Å². The molecule has 124 valence electrons. The Hall–Kier alpha value is -1.64. The first-order valence-corrected chi connectivity index (χ1v) is 9.20. The summed E-state index contributed by atoms with van der Waals surface area (Å²) in [6.45, 7) is 1.16. The van der Waals surface area contributed by atoms with Crippen molar-refractivity contribution in [1.82, 2.24) is 9.29 Å². The van der Waals surface area contributed by atoms with E-state index < -0.39 is 15.8 Å². The normalized spacial score (nSPS) is 22.1. The molecule has 1 aliphatic heterocycles. The second-order valence-corrected chi connectivity index (χ2v) is 8.19. The molecule has 0 unspecified atom stereocenters. The number of hydrogen-bond donors (Lipinski definition) is 1. The monoisotopic (exact) mass is 338 g/mol. The first-order valence-electron chi connectivity index (χ1n) is 7.76. The van der Waals surface area contributed by atoms with Crippen molar-refractivity contribution in [1.29, 1.82) is 0 Å².